The van der Waals surface area contributed by atoms with Crippen LogP contribution < -0.4 is 10.1 Å². The topological polar surface area (TPSA) is 106 Å². The van der Waals surface area contributed by atoms with Gasteiger partial charge in [-0.05, 0) is 31.9 Å². The fourth-order valence-corrected chi connectivity index (χ4v) is 2.19. The summed E-state index contributed by atoms with van der Waals surface area (Å²) in [6, 6.07) is -0.329. The quantitative estimate of drug-likeness (QED) is 0.793. The zero-order chi connectivity index (χ0) is 14.9. The van der Waals surface area contributed by atoms with Crippen molar-refractivity contribution in [1.29, 1.82) is 0 Å². The summed E-state index contributed by atoms with van der Waals surface area (Å²) in [5.74, 6) is 0.195. The van der Waals surface area contributed by atoms with E-state index in [1.165, 1.54) is 10.9 Å². The summed E-state index contributed by atoms with van der Waals surface area (Å²) in [4.78, 5) is 11.6. The molecular formula is C11H16N3O5S-. The van der Waals surface area contributed by atoms with Crippen LogP contribution in [0, 0.1) is 0 Å². The fraction of sp³-hybridized carbons (Fsp3) is 0.636. The van der Waals surface area contributed by atoms with Crippen LogP contribution in [0.4, 0.5) is 4.79 Å². The van der Waals surface area contributed by atoms with Gasteiger partial charge < -0.3 is 19.3 Å². The average Bonchev–Trinajstić information content (AvgIpc) is 2.68. The van der Waals surface area contributed by atoms with Crippen molar-refractivity contribution in [3.8, 4) is 5.88 Å². The van der Waals surface area contributed by atoms with Crippen molar-refractivity contribution in [2.24, 2.45) is 0 Å². The van der Waals surface area contributed by atoms with Gasteiger partial charge in [-0.2, -0.15) is 5.10 Å². The molecular weight excluding hydrogens is 286 g/mol. The molecule has 0 fully saturated rings. The zero-order valence-electron chi connectivity index (χ0n) is 11.4. The Bertz CT molecular complexity index is 537. The highest BCUT2D eigenvalue weighted by atomic mass is 32.2. The molecule has 1 aliphatic rings. The number of nitrogens with one attached hydrogen (secondary N) is 1. The minimum Gasteiger partial charge on any atom is -0.768 e. The van der Waals surface area contributed by atoms with E-state index in [4.69, 9.17) is 9.47 Å². The van der Waals surface area contributed by atoms with Gasteiger partial charge in [0.1, 0.15) is 17.1 Å². The number of alkyl carbamates (subject to hydrolysis) is 1. The highest BCUT2D eigenvalue weighted by Gasteiger charge is 2.26. The number of rotatable bonds is 2. The number of nitrogens with zero attached hydrogens (tertiary/aromatic N) is 2. The van der Waals surface area contributed by atoms with E-state index in [1.807, 2.05) is 0 Å². The Labute approximate surface area is 118 Å². The molecule has 1 aromatic rings. The molecule has 0 saturated heterocycles. The maximum Gasteiger partial charge on any atom is 0.408 e. The van der Waals surface area contributed by atoms with Gasteiger partial charge >= 0.3 is 6.09 Å². The van der Waals surface area contributed by atoms with Crippen LogP contribution in [0.5, 0.6) is 5.88 Å². The third-order valence-corrected chi connectivity index (χ3v) is 3.11. The van der Waals surface area contributed by atoms with Crippen molar-refractivity contribution >= 4 is 17.2 Å². The molecule has 1 aliphatic heterocycles. The number of carbonyl (C=O) groups is 1. The van der Waals surface area contributed by atoms with Crippen molar-refractivity contribution in [3.05, 3.63) is 6.20 Å². The molecule has 0 aromatic carbocycles. The van der Waals surface area contributed by atoms with Gasteiger partial charge in [0, 0.05) is 0 Å². The molecule has 8 nitrogen and oxygen atoms in total. The van der Waals surface area contributed by atoms with Gasteiger partial charge in [-0.1, -0.05) is 0 Å². The minimum atomic E-state index is -2.39. The molecule has 9 heteroatoms. The lowest BCUT2D eigenvalue weighted by atomic mass is 10.2. The van der Waals surface area contributed by atoms with E-state index < -0.39 is 22.8 Å². The summed E-state index contributed by atoms with van der Waals surface area (Å²) in [6.07, 6.45) is 0.670. The van der Waals surface area contributed by atoms with Gasteiger partial charge in [0.2, 0.25) is 5.88 Å². The summed E-state index contributed by atoms with van der Waals surface area (Å²) < 4.78 is 33.7. The second kappa shape index (κ2) is 5.41. The number of hydrogen-bond acceptors (Lipinski definition) is 6. The Morgan fingerprint density at radius 1 is 1.65 bits per heavy atom. The van der Waals surface area contributed by atoms with E-state index in [1.54, 1.807) is 20.8 Å². The van der Waals surface area contributed by atoms with Crippen LogP contribution in [-0.4, -0.2) is 42.9 Å². The minimum absolute atomic E-state index is 0.0146. The molecule has 1 amide bonds. The first kappa shape index (κ1) is 14.8. The number of hydrogen-bond donors (Lipinski definition) is 1. The van der Waals surface area contributed by atoms with Gasteiger partial charge in [-0.25, -0.2) is 9.48 Å². The first-order valence-electron chi connectivity index (χ1n) is 6.03. The van der Waals surface area contributed by atoms with Gasteiger partial charge in [0.15, 0.2) is 0 Å². The zero-order valence-corrected chi connectivity index (χ0v) is 12.2. The van der Waals surface area contributed by atoms with Crippen LogP contribution >= 0.6 is 0 Å². The molecule has 0 saturated carbocycles. The lowest BCUT2D eigenvalue weighted by molar-refractivity contribution is 0.0459. The van der Waals surface area contributed by atoms with Crippen molar-refractivity contribution < 1.29 is 23.0 Å². The highest BCUT2D eigenvalue weighted by molar-refractivity contribution is 7.79. The van der Waals surface area contributed by atoms with Crippen molar-refractivity contribution in [1.82, 2.24) is 15.1 Å². The van der Waals surface area contributed by atoms with Crippen LogP contribution in [0.15, 0.2) is 11.1 Å². The smallest absolute Gasteiger partial charge is 0.408 e. The number of fused-ring (bicyclic) bond motifs is 1. The molecule has 0 bridgehead atoms. The highest BCUT2D eigenvalue weighted by Crippen LogP contribution is 2.24. The van der Waals surface area contributed by atoms with Gasteiger partial charge in [0.05, 0.1) is 18.8 Å². The number of amides is 1. The standard InChI is InChI=1S/C11H17N3O5S/c1-11(2,3)19-10(15)13-7-5-14-9(18-6-7)8(4-12-14)20(16)17/h4,7H,5-6H2,1-3H3,(H,13,15)(H,16,17)/p-1/t7-/m1/s1. The van der Waals surface area contributed by atoms with Crippen molar-refractivity contribution in [2.45, 2.75) is 43.9 Å². The summed E-state index contributed by atoms with van der Waals surface area (Å²) >= 11 is -2.39. The molecule has 2 heterocycles. The average molecular weight is 302 g/mol. The predicted octanol–water partition coefficient (Wildman–Crippen LogP) is 0.407. The van der Waals surface area contributed by atoms with E-state index >= 15 is 0 Å². The van der Waals surface area contributed by atoms with Gasteiger partial charge in [-0.15, -0.1) is 0 Å². The normalized spacial score (nSPS) is 19.7. The van der Waals surface area contributed by atoms with E-state index in [9.17, 15) is 13.6 Å². The second-order valence-electron chi connectivity index (χ2n) is 5.38. The van der Waals surface area contributed by atoms with E-state index in [0.29, 0.717) is 6.54 Å². The first-order chi connectivity index (χ1) is 9.26. The van der Waals surface area contributed by atoms with Gasteiger partial charge in [-0.3, -0.25) is 4.21 Å². The molecule has 112 valence electrons. The lowest BCUT2D eigenvalue weighted by Gasteiger charge is -2.27. The summed E-state index contributed by atoms with van der Waals surface area (Å²) in [7, 11) is 0. The largest absolute Gasteiger partial charge is 0.768 e. The van der Waals surface area contributed by atoms with Crippen LogP contribution in [0.1, 0.15) is 20.8 Å². The van der Waals surface area contributed by atoms with Crippen LogP contribution in [0.2, 0.25) is 0 Å². The Hall–Kier alpha value is -1.61. The first-order valence-corrected chi connectivity index (χ1v) is 7.11. The van der Waals surface area contributed by atoms with Gasteiger partial charge in [0.25, 0.3) is 0 Å². The molecule has 1 unspecified atom stereocenters. The van der Waals surface area contributed by atoms with E-state index in [0.717, 1.165) is 0 Å². The molecule has 2 rings (SSSR count). The summed E-state index contributed by atoms with van der Waals surface area (Å²) in [5, 5.41) is 6.57. The predicted molar refractivity (Wildman–Crippen MR) is 68.1 cm³/mol. The van der Waals surface area contributed by atoms with E-state index in [2.05, 4.69) is 10.4 Å². The van der Waals surface area contributed by atoms with Crippen LogP contribution in [-0.2, 0) is 22.4 Å². The molecule has 0 radical (unpaired) electrons. The molecule has 1 aromatic heterocycles. The third-order valence-electron chi connectivity index (χ3n) is 2.47. The Balaban J connectivity index is 1.98. The second-order valence-corrected chi connectivity index (χ2v) is 6.29. The summed E-state index contributed by atoms with van der Waals surface area (Å²) in [6.45, 7) is 5.79. The van der Waals surface area contributed by atoms with Crippen molar-refractivity contribution in [2.75, 3.05) is 6.61 Å². The number of carbonyl (C=O) groups excluding carboxylic acids is 1. The maximum absolute atomic E-state index is 11.6. The number of aromatic nitrogens is 2. The molecule has 0 aliphatic carbocycles. The molecule has 2 atom stereocenters. The Morgan fingerprint density at radius 3 is 2.95 bits per heavy atom. The maximum atomic E-state index is 11.6. The lowest BCUT2D eigenvalue weighted by Crippen LogP contribution is -2.46. The van der Waals surface area contributed by atoms with Crippen LogP contribution in [0.25, 0.3) is 0 Å². The monoisotopic (exact) mass is 302 g/mol. The third kappa shape index (κ3) is 3.48. The fourth-order valence-electron chi connectivity index (χ4n) is 1.75. The molecule has 20 heavy (non-hydrogen) atoms. The van der Waals surface area contributed by atoms with Crippen molar-refractivity contribution in [3.63, 3.8) is 0 Å². The van der Waals surface area contributed by atoms with Crippen LogP contribution in [0.3, 0.4) is 0 Å². The Morgan fingerprint density at radius 2 is 2.35 bits per heavy atom. The molecule has 1 N–H and O–H groups in total. The number of ether oxygens (including phenoxy) is 2. The van der Waals surface area contributed by atoms with E-state index in [-0.39, 0.29) is 23.4 Å². The summed E-state index contributed by atoms with van der Waals surface area (Å²) in [5.41, 5.74) is -0.580. The SMILES string of the molecule is CC(C)(C)OC(=O)N[C@H]1COc2c(S(=O)[O-])cnn2C1. The Kier molecular flexibility index (Phi) is 4.00. The molecule has 0 spiro atoms.